The van der Waals surface area contributed by atoms with Crippen LogP contribution < -0.4 is 4.74 Å². The van der Waals surface area contributed by atoms with Crippen LogP contribution in [0.3, 0.4) is 0 Å². The fourth-order valence-corrected chi connectivity index (χ4v) is 1.76. The second kappa shape index (κ2) is 4.45. The topological polar surface area (TPSA) is 29.5 Å². The molecule has 1 N–H and O–H groups in total. The van der Waals surface area contributed by atoms with E-state index in [-0.39, 0.29) is 5.75 Å². The molecule has 0 unspecified atom stereocenters. The second-order valence-electron chi connectivity index (χ2n) is 3.85. The van der Waals surface area contributed by atoms with Gasteiger partial charge in [-0.15, -0.1) is 0 Å². The van der Waals surface area contributed by atoms with E-state index in [1.165, 1.54) is 12.1 Å². The van der Waals surface area contributed by atoms with Gasteiger partial charge in [0.1, 0.15) is 5.75 Å². The molecule has 0 aromatic heterocycles. The molecule has 0 amide bonds. The molecule has 0 fully saturated rings. The first-order valence-corrected chi connectivity index (χ1v) is 5.25. The summed E-state index contributed by atoms with van der Waals surface area (Å²) < 4.78 is 18.4. The van der Waals surface area contributed by atoms with Gasteiger partial charge in [0.2, 0.25) is 0 Å². The van der Waals surface area contributed by atoms with Crippen molar-refractivity contribution < 1.29 is 14.2 Å². The van der Waals surface area contributed by atoms with Crippen molar-refractivity contribution in [3.05, 3.63) is 47.8 Å². The number of halogens is 1. The number of rotatable bonds is 2. The molecule has 2 aromatic rings. The van der Waals surface area contributed by atoms with Crippen LogP contribution in [0.1, 0.15) is 5.56 Å². The molecule has 0 radical (unpaired) electrons. The Bertz CT molecular complexity index is 550. The summed E-state index contributed by atoms with van der Waals surface area (Å²) in [6.07, 6.45) is 0. The number of hydrogen-bond donors (Lipinski definition) is 1. The van der Waals surface area contributed by atoms with Crippen LogP contribution in [-0.4, -0.2) is 12.2 Å². The Morgan fingerprint density at radius 1 is 1.12 bits per heavy atom. The van der Waals surface area contributed by atoms with E-state index >= 15 is 0 Å². The number of ether oxygens (including phenoxy) is 1. The number of benzene rings is 2. The maximum Gasteiger partial charge on any atom is 0.165 e. The van der Waals surface area contributed by atoms with E-state index in [4.69, 9.17) is 9.84 Å². The van der Waals surface area contributed by atoms with E-state index < -0.39 is 5.82 Å². The van der Waals surface area contributed by atoms with E-state index in [9.17, 15) is 4.39 Å². The van der Waals surface area contributed by atoms with Gasteiger partial charge in [-0.1, -0.05) is 12.1 Å². The normalized spacial score (nSPS) is 10.3. The minimum atomic E-state index is -0.613. The molecule has 17 heavy (non-hydrogen) atoms. The van der Waals surface area contributed by atoms with Crippen LogP contribution in [0.15, 0.2) is 36.4 Å². The first kappa shape index (κ1) is 11.5. The highest BCUT2D eigenvalue weighted by Gasteiger charge is 2.06. The van der Waals surface area contributed by atoms with Crippen LogP contribution in [0, 0.1) is 12.7 Å². The van der Waals surface area contributed by atoms with Crippen molar-refractivity contribution in [3.63, 3.8) is 0 Å². The minimum Gasteiger partial charge on any atom is -0.505 e. The Kier molecular flexibility index (Phi) is 3.00. The summed E-state index contributed by atoms with van der Waals surface area (Å²) >= 11 is 0. The van der Waals surface area contributed by atoms with E-state index in [0.717, 1.165) is 22.4 Å². The molecular weight excluding hydrogens is 219 g/mol. The molecule has 0 heterocycles. The smallest absolute Gasteiger partial charge is 0.165 e. The summed E-state index contributed by atoms with van der Waals surface area (Å²) in [6, 6.07) is 9.96. The van der Waals surface area contributed by atoms with Crippen molar-refractivity contribution in [1.29, 1.82) is 0 Å². The summed E-state index contributed by atoms with van der Waals surface area (Å²) in [6.45, 7) is 1.93. The lowest BCUT2D eigenvalue weighted by Crippen LogP contribution is -1.88. The number of phenols is 1. The third-order valence-corrected chi connectivity index (χ3v) is 2.69. The van der Waals surface area contributed by atoms with Crippen LogP contribution >= 0.6 is 0 Å². The van der Waals surface area contributed by atoms with Crippen molar-refractivity contribution >= 4 is 0 Å². The number of methoxy groups -OCH3 is 1. The highest BCUT2D eigenvalue weighted by molar-refractivity contribution is 5.68. The fourth-order valence-electron chi connectivity index (χ4n) is 1.76. The third-order valence-electron chi connectivity index (χ3n) is 2.69. The van der Waals surface area contributed by atoms with Crippen LogP contribution in [0.5, 0.6) is 11.5 Å². The lowest BCUT2D eigenvalue weighted by molar-refractivity contribution is 0.414. The van der Waals surface area contributed by atoms with Gasteiger partial charge < -0.3 is 9.84 Å². The predicted molar refractivity (Wildman–Crippen MR) is 64.8 cm³/mol. The Labute approximate surface area is 99.3 Å². The first-order chi connectivity index (χ1) is 8.11. The molecule has 0 spiro atoms. The third kappa shape index (κ3) is 2.23. The maximum atomic E-state index is 13.3. The number of aryl methyl sites for hydroxylation is 1. The van der Waals surface area contributed by atoms with Crippen molar-refractivity contribution in [3.8, 4) is 22.6 Å². The standard InChI is InChI=1S/C14H13FO2/c1-9-7-11(17-2)4-5-12(9)10-3-6-14(16)13(15)8-10/h3-8,16H,1-2H3. The van der Waals surface area contributed by atoms with Gasteiger partial charge in [-0.25, -0.2) is 4.39 Å². The van der Waals surface area contributed by atoms with E-state index in [0.29, 0.717) is 0 Å². The molecule has 0 aliphatic heterocycles. The maximum absolute atomic E-state index is 13.3. The van der Waals surface area contributed by atoms with Gasteiger partial charge in [-0.2, -0.15) is 0 Å². The van der Waals surface area contributed by atoms with Crippen molar-refractivity contribution in [2.24, 2.45) is 0 Å². The van der Waals surface area contributed by atoms with Gasteiger partial charge in [0, 0.05) is 0 Å². The Hall–Kier alpha value is -2.03. The van der Waals surface area contributed by atoms with Crippen LogP contribution in [0.4, 0.5) is 4.39 Å². The van der Waals surface area contributed by atoms with Crippen LogP contribution in [0.25, 0.3) is 11.1 Å². The summed E-state index contributed by atoms with van der Waals surface area (Å²) in [5.41, 5.74) is 2.65. The van der Waals surface area contributed by atoms with Crippen molar-refractivity contribution in [1.82, 2.24) is 0 Å². The zero-order valence-electron chi connectivity index (χ0n) is 9.70. The lowest BCUT2D eigenvalue weighted by atomic mass is 10.00. The molecule has 2 nitrogen and oxygen atoms in total. The van der Waals surface area contributed by atoms with Crippen molar-refractivity contribution in [2.75, 3.05) is 7.11 Å². The monoisotopic (exact) mass is 232 g/mol. The summed E-state index contributed by atoms with van der Waals surface area (Å²) in [4.78, 5) is 0. The summed E-state index contributed by atoms with van der Waals surface area (Å²) in [5, 5.41) is 9.15. The minimum absolute atomic E-state index is 0.333. The molecule has 0 aliphatic rings. The zero-order chi connectivity index (χ0) is 12.4. The molecule has 2 rings (SSSR count). The Morgan fingerprint density at radius 3 is 2.47 bits per heavy atom. The van der Waals surface area contributed by atoms with Gasteiger partial charge in [0.25, 0.3) is 0 Å². The highest BCUT2D eigenvalue weighted by Crippen LogP contribution is 2.29. The fraction of sp³-hybridized carbons (Fsp3) is 0.143. The SMILES string of the molecule is COc1ccc(-c2ccc(O)c(F)c2)c(C)c1. The molecule has 0 bridgehead atoms. The zero-order valence-corrected chi connectivity index (χ0v) is 9.70. The number of phenolic OH excluding ortho intramolecular Hbond substituents is 1. The molecular formula is C14H13FO2. The number of hydrogen-bond acceptors (Lipinski definition) is 2. The summed E-state index contributed by atoms with van der Waals surface area (Å²) in [5.74, 6) is -0.178. The van der Waals surface area contributed by atoms with E-state index in [1.807, 2.05) is 25.1 Å². The quantitative estimate of drug-likeness (QED) is 0.858. The lowest BCUT2D eigenvalue weighted by Gasteiger charge is -2.08. The number of aromatic hydroxyl groups is 1. The molecule has 3 heteroatoms. The molecule has 2 aromatic carbocycles. The van der Waals surface area contributed by atoms with Gasteiger partial charge >= 0.3 is 0 Å². The molecule has 0 saturated carbocycles. The molecule has 0 atom stereocenters. The van der Waals surface area contributed by atoms with Gasteiger partial charge in [0.05, 0.1) is 7.11 Å². The van der Waals surface area contributed by atoms with Crippen LogP contribution in [-0.2, 0) is 0 Å². The van der Waals surface area contributed by atoms with Gasteiger partial charge in [-0.3, -0.25) is 0 Å². The Balaban J connectivity index is 2.49. The van der Waals surface area contributed by atoms with E-state index in [1.54, 1.807) is 13.2 Å². The van der Waals surface area contributed by atoms with Crippen LogP contribution in [0.2, 0.25) is 0 Å². The average Bonchev–Trinajstić information content (AvgIpc) is 2.32. The molecule has 88 valence electrons. The second-order valence-corrected chi connectivity index (χ2v) is 3.85. The average molecular weight is 232 g/mol. The van der Waals surface area contributed by atoms with Gasteiger partial charge in [0.15, 0.2) is 11.6 Å². The molecule has 0 aliphatic carbocycles. The van der Waals surface area contributed by atoms with E-state index in [2.05, 4.69) is 0 Å². The van der Waals surface area contributed by atoms with Crippen molar-refractivity contribution in [2.45, 2.75) is 6.92 Å². The summed E-state index contributed by atoms with van der Waals surface area (Å²) in [7, 11) is 1.61. The first-order valence-electron chi connectivity index (χ1n) is 5.25. The van der Waals surface area contributed by atoms with Gasteiger partial charge in [-0.05, 0) is 47.9 Å². The molecule has 0 saturated heterocycles. The Morgan fingerprint density at radius 2 is 1.88 bits per heavy atom. The highest BCUT2D eigenvalue weighted by atomic mass is 19.1. The largest absolute Gasteiger partial charge is 0.505 e. The predicted octanol–water partition coefficient (Wildman–Crippen LogP) is 3.52.